The number of hydrogen-bond donors (Lipinski definition) is 1. The fourth-order valence-electron chi connectivity index (χ4n) is 5.63. The lowest BCUT2D eigenvalue weighted by Crippen LogP contribution is -2.58. The van der Waals surface area contributed by atoms with Crippen LogP contribution in [-0.4, -0.2) is 89.8 Å². The van der Waals surface area contributed by atoms with Crippen LogP contribution >= 0.6 is 0 Å². The van der Waals surface area contributed by atoms with Gasteiger partial charge in [-0.25, -0.2) is 14.8 Å². The van der Waals surface area contributed by atoms with Crippen molar-refractivity contribution >= 4 is 17.7 Å². The second-order valence-electron chi connectivity index (χ2n) is 9.39. The van der Waals surface area contributed by atoms with E-state index in [0.717, 1.165) is 62.2 Å². The van der Waals surface area contributed by atoms with E-state index in [2.05, 4.69) is 31.2 Å². The zero-order valence-corrected chi connectivity index (χ0v) is 19.5. The number of nitrogens with one attached hydrogen (secondary N) is 1. The number of hydrogen-bond acceptors (Lipinski definition) is 8. The van der Waals surface area contributed by atoms with Crippen LogP contribution in [0.15, 0.2) is 30.7 Å². The molecule has 4 heterocycles. The molecular formula is C24H33N7O2. The van der Waals surface area contributed by atoms with Gasteiger partial charge in [-0.2, -0.15) is 0 Å². The smallest absolute Gasteiger partial charge is 0.409 e. The van der Waals surface area contributed by atoms with Crippen molar-refractivity contribution in [3.8, 4) is 11.3 Å². The normalized spacial score (nSPS) is 22.3. The summed E-state index contributed by atoms with van der Waals surface area (Å²) in [6.45, 7) is 7.97. The van der Waals surface area contributed by atoms with Crippen LogP contribution in [0.5, 0.6) is 0 Å². The van der Waals surface area contributed by atoms with E-state index in [1.165, 1.54) is 19.3 Å². The summed E-state index contributed by atoms with van der Waals surface area (Å²) < 4.78 is 5.15. The lowest BCUT2D eigenvalue weighted by molar-refractivity contribution is -0.00294. The van der Waals surface area contributed by atoms with E-state index in [4.69, 9.17) is 9.72 Å². The van der Waals surface area contributed by atoms with Crippen molar-refractivity contribution in [1.82, 2.24) is 24.8 Å². The van der Waals surface area contributed by atoms with Crippen LogP contribution < -0.4 is 10.2 Å². The third kappa shape index (κ3) is 4.34. The Kier molecular flexibility index (Phi) is 6.05. The molecule has 2 aromatic heterocycles. The van der Waals surface area contributed by atoms with E-state index in [1.807, 2.05) is 31.1 Å². The Labute approximate surface area is 195 Å². The van der Waals surface area contributed by atoms with Gasteiger partial charge < -0.3 is 19.9 Å². The van der Waals surface area contributed by atoms with Gasteiger partial charge in [-0.3, -0.25) is 9.88 Å². The first-order valence-corrected chi connectivity index (χ1v) is 12.0. The second-order valence-corrected chi connectivity index (χ2v) is 9.39. The standard InChI is InChI=1S/C24H33N7O2/c1-3-33-23(32)31-16-24(17-31)7-6-18(13-24)29-9-11-30(12-10-29)22-19(5-4-8-26-22)20-14-28-21(25-2)15-27-20/h4-5,8,14-15,18H,3,6-7,9-13,16-17H2,1-2H3,(H,25,28)/t18-/m1/s1. The number of amides is 1. The third-order valence-corrected chi connectivity index (χ3v) is 7.36. The molecule has 1 amide bonds. The lowest BCUT2D eigenvalue weighted by Gasteiger charge is -2.48. The summed E-state index contributed by atoms with van der Waals surface area (Å²) in [6, 6.07) is 4.64. The summed E-state index contributed by atoms with van der Waals surface area (Å²) in [7, 11) is 1.84. The fourth-order valence-corrected chi connectivity index (χ4v) is 5.63. The summed E-state index contributed by atoms with van der Waals surface area (Å²) in [5, 5.41) is 3.01. The summed E-state index contributed by atoms with van der Waals surface area (Å²) >= 11 is 0. The van der Waals surface area contributed by atoms with Gasteiger partial charge in [0.15, 0.2) is 0 Å². The van der Waals surface area contributed by atoms with Crippen LogP contribution in [0.1, 0.15) is 26.2 Å². The number of carbonyl (C=O) groups excluding carboxylic acids is 1. The van der Waals surface area contributed by atoms with Crippen molar-refractivity contribution < 1.29 is 9.53 Å². The molecule has 1 atom stereocenters. The molecule has 2 saturated heterocycles. The number of ether oxygens (including phenoxy) is 1. The Bertz CT molecular complexity index is 969. The first-order chi connectivity index (χ1) is 16.1. The van der Waals surface area contributed by atoms with E-state index in [9.17, 15) is 4.79 Å². The highest BCUT2D eigenvalue weighted by Crippen LogP contribution is 2.47. The van der Waals surface area contributed by atoms with Crippen LogP contribution in [0.4, 0.5) is 16.4 Å². The fraction of sp³-hybridized carbons (Fsp3) is 0.583. The first-order valence-electron chi connectivity index (χ1n) is 12.0. The van der Waals surface area contributed by atoms with Crippen LogP contribution in [0.2, 0.25) is 0 Å². The summed E-state index contributed by atoms with van der Waals surface area (Å²) in [5.74, 6) is 1.74. The maximum absolute atomic E-state index is 12.0. The molecule has 0 radical (unpaired) electrons. The van der Waals surface area contributed by atoms with Gasteiger partial charge in [-0.05, 0) is 38.3 Å². The van der Waals surface area contributed by atoms with Gasteiger partial charge in [-0.15, -0.1) is 0 Å². The number of aromatic nitrogens is 3. The SMILES string of the molecule is CCOC(=O)N1CC2(CC[C@@H](N3CCN(c4ncccc4-c4cnc(NC)cn4)CC3)C2)C1. The summed E-state index contributed by atoms with van der Waals surface area (Å²) in [5.41, 5.74) is 2.17. The van der Waals surface area contributed by atoms with Crippen LogP contribution in [0.25, 0.3) is 11.3 Å². The number of nitrogens with zero attached hydrogens (tertiary/aromatic N) is 6. The van der Waals surface area contributed by atoms with Gasteiger partial charge in [0.25, 0.3) is 0 Å². The monoisotopic (exact) mass is 451 g/mol. The number of anilines is 2. The maximum atomic E-state index is 12.0. The van der Waals surface area contributed by atoms with Crippen molar-refractivity contribution in [2.24, 2.45) is 5.41 Å². The van der Waals surface area contributed by atoms with E-state index < -0.39 is 0 Å². The first kappa shape index (κ1) is 21.9. The molecule has 0 unspecified atom stereocenters. The van der Waals surface area contributed by atoms with Crippen LogP contribution in [0.3, 0.4) is 0 Å². The van der Waals surface area contributed by atoms with Crippen molar-refractivity contribution in [2.45, 2.75) is 32.2 Å². The van der Waals surface area contributed by atoms with Gasteiger partial charge in [-0.1, -0.05) is 0 Å². The van der Waals surface area contributed by atoms with Gasteiger partial charge in [0.2, 0.25) is 0 Å². The Hall–Kier alpha value is -2.94. The van der Waals surface area contributed by atoms with Crippen LogP contribution in [0, 0.1) is 5.41 Å². The van der Waals surface area contributed by atoms with Crippen molar-refractivity contribution in [3.05, 3.63) is 30.7 Å². The zero-order valence-electron chi connectivity index (χ0n) is 19.5. The highest BCUT2D eigenvalue weighted by atomic mass is 16.6. The van der Waals surface area contributed by atoms with E-state index in [1.54, 1.807) is 12.4 Å². The minimum atomic E-state index is -0.156. The molecule has 9 nitrogen and oxygen atoms in total. The van der Waals surface area contributed by atoms with Gasteiger partial charge in [0, 0.05) is 69.5 Å². The quantitative estimate of drug-likeness (QED) is 0.743. The average Bonchev–Trinajstić information content (AvgIpc) is 3.30. The molecule has 33 heavy (non-hydrogen) atoms. The Balaban J connectivity index is 1.18. The molecule has 2 aromatic rings. The molecule has 3 fully saturated rings. The number of likely N-dealkylation sites (tertiary alicyclic amines) is 1. The van der Waals surface area contributed by atoms with E-state index in [-0.39, 0.29) is 6.09 Å². The molecule has 1 spiro atoms. The zero-order chi connectivity index (χ0) is 22.8. The third-order valence-electron chi connectivity index (χ3n) is 7.36. The molecule has 176 valence electrons. The maximum Gasteiger partial charge on any atom is 0.409 e. The molecular weight excluding hydrogens is 418 g/mol. The van der Waals surface area contributed by atoms with E-state index in [0.29, 0.717) is 18.1 Å². The number of pyridine rings is 1. The highest BCUT2D eigenvalue weighted by Gasteiger charge is 2.51. The summed E-state index contributed by atoms with van der Waals surface area (Å²) in [6.07, 6.45) is 8.87. The minimum absolute atomic E-state index is 0.156. The lowest BCUT2D eigenvalue weighted by atomic mass is 9.78. The van der Waals surface area contributed by atoms with Crippen LogP contribution in [-0.2, 0) is 4.74 Å². The molecule has 9 heteroatoms. The predicted octanol–water partition coefficient (Wildman–Crippen LogP) is 2.71. The van der Waals surface area contributed by atoms with Gasteiger partial charge in [0.1, 0.15) is 11.6 Å². The molecule has 0 bridgehead atoms. The van der Waals surface area contributed by atoms with E-state index >= 15 is 0 Å². The predicted molar refractivity (Wildman–Crippen MR) is 127 cm³/mol. The molecule has 1 saturated carbocycles. The van der Waals surface area contributed by atoms with Crippen molar-refractivity contribution in [3.63, 3.8) is 0 Å². The number of rotatable bonds is 5. The van der Waals surface area contributed by atoms with Crippen molar-refractivity contribution in [2.75, 3.05) is 63.1 Å². The highest BCUT2D eigenvalue weighted by molar-refractivity contribution is 5.73. The second kappa shape index (κ2) is 9.13. The molecule has 3 aliphatic rings. The Morgan fingerprint density at radius 1 is 1.18 bits per heavy atom. The molecule has 5 rings (SSSR count). The Morgan fingerprint density at radius 2 is 2.00 bits per heavy atom. The number of carbonyl (C=O) groups is 1. The number of piperazine rings is 1. The minimum Gasteiger partial charge on any atom is -0.450 e. The van der Waals surface area contributed by atoms with Gasteiger partial charge >= 0.3 is 6.09 Å². The topological polar surface area (TPSA) is 86.7 Å². The van der Waals surface area contributed by atoms with Gasteiger partial charge in [0.05, 0.1) is 24.7 Å². The summed E-state index contributed by atoms with van der Waals surface area (Å²) in [4.78, 5) is 32.5. The Morgan fingerprint density at radius 3 is 2.70 bits per heavy atom. The average molecular weight is 452 g/mol. The molecule has 0 aromatic carbocycles. The molecule has 2 aliphatic heterocycles. The molecule has 1 aliphatic carbocycles. The molecule has 1 N–H and O–H groups in total. The largest absolute Gasteiger partial charge is 0.450 e. The van der Waals surface area contributed by atoms with Crippen molar-refractivity contribution in [1.29, 1.82) is 0 Å².